The maximum Gasteiger partial charge on any atom is 0.329 e. The highest BCUT2D eigenvalue weighted by atomic mass is 19.1. The molecule has 4 aromatic rings. The first-order valence-corrected chi connectivity index (χ1v) is 14.1. The number of hydrogen-bond donors (Lipinski definition) is 0. The highest BCUT2D eigenvalue weighted by Gasteiger charge is 2.30. The highest BCUT2D eigenvalue weighted by molar-refractivity contribution is 6.09. The standard InChI is InChI=1S/C30H36FN5O3/c1-19(2)14-21-18-39-29-26(20-8-9-25(33-16-20)38-13-7-12-35-10-5-4-6-11-35)22(31)15-23-27(29)28-24(17-32-23)34(3)30(37)36(21)28/h8-9,15-17,19,21H,4-7,10-14,18H2,1-3H3. The summed E-state index contributed by atoms with van der Waals surface area (Å²) < 4.78 is 31.3. The zero-order chi connectivity index (χ0) is 27.1. The molecule has 39 heavy (non-hydrogen) atoms. The van der Waals surface area contributed by atoms with E-state index < -0.39 is 5.82 Å². The van der Waals surface area contributed by atoms with Gasteiger partial charge in [0.15, 0.2) is 0 Å². The molecular weight excluding hydrogens is 497 g/mol. The number of hydrogen-bond acceptors (Lipinski definition) is 6. The maximum atomic E-state index is 15.7. The minimum atomic E-state index is -0.437. The van der Waals surface area contributed by atoms with E-state index in [0.29, 0.717) is 51.7 Å². The zero-order valence-electron chi connectivity index (χ0n) is 23.0. The van der Waals surface area contributed by atoms with Crippen LogP contribution >= 0.6 is 0 Å². The molecule has 206 valence electrons. The molecule has 2 aliphatic heterocycles. The molecule has 9 heteroatoms. The number of piperidine rings is 1. The van der Waals surface area contributed by atoms with Crippen LogP contribution in [0.5, 0.6) is 11.6 Å². The van der Waals surface area contributed by atoms with Crippen molar-refractivity contribution in [2.24, 2.45) is 13.0 Å². The fraction of sp³-hybridized carbons (Fsp3) is 0.500. The third kappa shape index (κ3) is 4.77. The third-order valence-electron chi connectivity index (χ3n) is 7.98. The van der Waals surface area contributed by atoms with Crippen LogP contribution in [0.2, 0.25) is 0 Å². The van der Waals surface area contributed by atoms with Crippen molar-refractivity contribution >= 4 is 21.9 Å². The number of likely N-dealkylation sites (tertiary alicyclic amines) is 1. The summed E-state index contributed by atoms with van der Waals surface area (Å²) in [5, 5.41) is 0.658. The van der Waals surface area contributed by atoms with Gasteiger partial charge in [-0.15, -0.1) is 0 Å². The summed E-state index contributed by atoms with van der Waals surface area (Å²) >= 11 is 0. The van der Waals surface area contributed by atoms with Gasteiger partial charge >= 0.3 is 5.69 Å². The first-order chi connectivity index (χ1) is 18.9. The predicted molar refractivity (Wildman–Crippen MR) is 150 cm³/mol. The van der Waals surface area contributed by atoms with Gasteiger partial charge in [0.1, 0.15) is 18.2 Å². The maximum absolute atomic E-state index is 15.7. The van der Waals surface area contributed by atoms with E-state index in [1.54, 1.807) is 30.1 Å². The van der Waals surface area contributed by atoms with Crippen molar-refractivity contribution in [3.63, 3.8) is 0 Å². The van der Waals surface area contributed by atoms with Gasteiger partial charge in [0.25, 0.3) is 0 Å². The van der Waals surface area contributed by atoms with E-state index in [9.17, 15) is 4.79 Å². The molecule has 1 saturated heterocycles. The molecule has 0 aliphatic carbocycles. The molecule has 1 fully saturated rings. The number of rotatable bonds is 8. The van der Waals surface area contributed by atoms with Gasteiger partial charge in [-0.25, -0.2) is 14.2 Å². The molecule has 1 unspecified atom stereocenters. The Bertz CT molecular complexity index is 1550. The highest BCUT2D eigenvalue weighted by Crippen LogP contribution is 2.44. The van der Waals surface area contributed by atoms with Crippen molar-refractivity contribution in [2.45, 2.75) is 52.0 Å². The Hall–Kier alpha value is -3.46. The topological polar surface area (TPSA) is 74.4 Å². The first kappa shape index (κ1) is 25.8. The lowest BCUT2D eigenvalue weighted by molar-refractivity contribution is 0.203. The molecule has 6 rings (SSSR count). The Morgan fingerprint density at radius 2 is 1.97 bits per heavy atom. The molecule has 0 radical (unpaired) electrons. The number of aromatic nitrogens is 4. The van der Waals surface area contributed by atoms with Gasteiger partial charge in [0, 0.05) is 37.5 Å². The monoisotopic (exact) mass is 533 g/mol. The van der Waals surface area contributed by atoms with Crippen molar-refractivity contribution in [1.82, 2.24) is 24.0 Å². The lowest BCUT2D eigenvalue weighted by atomic mass is 10.0. The summed E-state index contributed by atoms with van der Waals surface area (Å²) in [5.74, 6) is 0.842. The Morgan fingerprint density at radius 1 is 1.15 bits per heavy atom. The Balaban J connectivity index is 1.33. The number of benzene rings is 1. The van der Waals surface area contributed by atoms with E-state index in [4.69, 9.17) is 9.47 Å². The van der Waals surface area contributed by atoms with Gasteiger partial charge in [0.2, 0.25) is 5.88 Å². The molecule has 0 saturated carbocycles. The Kier molecular flexibility index (Phi) is 7.01. The van der Waals surface area contributed by atoms with E-state index in [1.165, 1.54) is 38.4 Å². The summed E-state index contributed by atoms with van der Waals surface area (Å²) in [5.41, 5.74) is 2.72. The average molecular weight is 534 g/mol. The number of imidazole rings is 1. The van der Waals surface area contributed by atoms with Crippen LogP contribution in [0.1, 0.15) is 52.0 Å². The molecule has 5 heterocycles. The number of pyridine rings is 2. The summed E-state index contributed by atoms with van der Waals surface area (Å²) in [7, 11) is 1.75. The minimum absolute atomic E-state index is 0.115. The van der Waals surface area contributed by atoms with E-state index >= 15 is 4.39 Å². The number of aryl methyl sites for hydroxylation is 1. The summed E-state index contributed by atoms with van der Waals surface area (Å²) in [6, 6.07) is 4.85. The lowest BCUT2D eigenvalue weighted by Gasteiger charge is -2.26. The van der Waals surface area contributed by atoms with Gasteiger partial charge in [-0.3, -0.25) is 14.1 Å². The molecule has 3 aromatic heterocycles. The second-order valence-corrected chi connectivity index (χ2v) is 11.2. The molecule has 8 nitrogen and oxygen atoms in total. The molecular formula is C30H36FN5O3. The second-order valence-electron chi connectivity index (χ2n) is 11.2. The quantitative estimate of drug-likeness (QED) is 0.285. The Morgan fingerprint density at radius 3 is 2.72 bits per heavy atom. The summed E-state index contributed by atoms with van der Waals surface area (Å²) in [6.45, 7) is 8.49. The van der Waals surface area contributed by atoms with Crippen molar-refractivity contribution in [1.29, 1.82) is 0 Å². The van der Waals surface area contributed by atoms with Gasteiger partial charge in [0.05, 0.1) is 46.3 Å². The first-order valence-electron chi connectivity index (χ1n) is 14.1. The van der Waals surface area contributed by atoms with Crippen LogP contribution in [-0.2, 0) is 7.05 Å². The fourth-order valence-electron chi connectivity index (χ4n) is 6.10. The lowest BCUT2D eigenvalue weighted by Crippen LogP contribution is -2.31. The third-order valence-corrected chi connectivity index (χ3v) is 7.98. The van der Waals surface area contributed by atoms with E-state index in [-0.39, 0.29) is 18.3 Å². The van der Waals surface area contributed by atoms with Crippen molar-refractivity contribution in [2.75, 3.05) is 32.8 Å². The molecule has 0 N–H and O–H groups in total. The summed E-state index contributed by atoms with van der Waals surface area (Å²) in [4.78, 5) is 24.8. The summed E-state index contributed by atoms with van der Waals surface area (Å²) in [6.07, 6.45) is 8.88. The smallest absolute Gasteiger partial charge is 0.329 e. The van der Waals surface area contributed by atoms with Crippen LogP contribution in [0.4, 0.5) is 4.39 Å². The van der Waals surface area contributed by atoms with Crippen LogP contribution in [0.3, 0.4) is 0 Å². The van der Waals surface area contributed by atoms with Gasteiger partial charge < -0.3 is 14.4 Å². The zero-order valence-corrected chi connectivity index (χ0v) is 23.0. The van der Waals surface area contributed by atoms with Crippen LogP contribution in [-0.4, -0.2) is 56.9 Å². The largest absolute Gasteiger partial charge is 0.490 e. The van der Waals surface area contributed by atoms with Crippen molar-refractivity contribution in [3.8, 4) is 22.8 Å². The SMILES string of the molecule is CC(C)CC1COc2c(-c3ccc(OCCCN4CCCCC4)nc3)c(F)cc3ncc4c(c23)n1c(=O)n4C. The molecule has 0 amide bonds. The molecule has 1 aromatic carbocycles. The van der Waals surface area contributed by atoms with E-state index in [0.717, 1.165) is 24.9 Å². The van der Waals surface area contributed by atoms with Crippen LogP contribution in [0.25, 0.3) is 33.1 Å². The van der Waals surface area contributed by atoms with Crippen LogP contribution in [0, 0.1) is 11.7 Å². The van der Waals surface area contributed by atoms with Crippen molar-refractivity contribution < 1.29 is 13.9 Å². The van der Waals surface area contributed by atoms with Gasteiger partial charge in [-0.1, -0.05) is 20.3 Å². The van der Waals surface area contributed by atoms with Gasteiger partial charge in [-0.2, -0.15) is 0 Å². The normalized spacial score (nSPS) is 17.7. The number of ether oxygens (including phenoxy) is 2. The fourth-order valence-corrected chi connectivity index (χ4v) is 6.10. The van der Waals surface area contributed by atoms with Crippen molar-refractivity contribution in [3.05, 3.63) is 46.9 Å². The Labute approximate surface area is 227 Å². The number of nitrogens with zero attached hydrogens (tertiary/aromatic N) is 5. The van der Waals surface area contributed by atoms with Crippen LogP contribution < -0.4 is 15.2 Å². The average Bonchev–Trinajstić information content (AvgIpc) is 3.07. The molecule has 2 aliphatic rings. The molecule has 0 bridgehead atoms. The van der Waals surface area contributed by atoms with E-state index in [1.807, 2.05) is 10.6 Å². The van der Waals surface area contributed by atoms with Crippen LogP contribution in [0.15, 0.2) is 35.4 Å². The van der Waals surface area contributed by atoms with E-state index in [2.05, 4.69) is 28.7 Å². The molecule has 1 atom stereocenters. The second kappa shape index (κ2) is 10.6. The number of halogens is 1. The predicted octanol–water partition coefficient (Wildman–Crippen LogP) is 5.32. The molecule has 0 spiro atoms. The van der Waals surface area contributed by atoms with Gasteiger partial charge in [-0.05, 0) is 50.8 Å². The minimum Gasteiger partial charge on any atom is -0.490 e.